The first-order valence-corrected chi connectivity index (χ1v) is 7.43. The van der Waals surface area contributed by atoms with Crippen molar-refractivity contribution in [3.8, 4) is 0 Å². The molecule has 1 atom stereocenters. The third-order valence-corrected chi connectivity index (χ3v) is 3.69. The van der Waals surface area contributed by atoms with Crippen LogP contribution in [0.25, 0.3) is 11.0 Å². The molecule has 1 aromatic carbocycles. The monoisotopic (exact) mass is 303 g/mol. The number of nitrogens with zero attached hydrogens (tertiary/aromatic N) is 5. The Labute approximate surface area is 128 Å². The fourth-order valence-corrected chi connectivity index (χ4v) is 2.67. The normalized spacial score (nSPS) is 13.0. The molecule has 6 heteroatoms. The summed E-state index contributed by atoms with van der Waals surface area (Å²) in [4.78, 5) is 8.94. The van der Waals surface area contributed by atoms with Gasteiger partial charge in [0.15, 0.2) is 5.82 Å². The summed E-state index contributed by atoms with van der Waals surface area (Å²) in [5, 5.41) is 4.19. The van der Waals surface area contributed by atoms with Crippen LogP contribution in [0.15, 0.2) is 24.5 Å². The lowest BCUT2D eigenvalue weighted by atomic mass is 10.2. The second-order valence-corrected chi connectivity index (χ2v) is 5.97. The van der Waals surface area contributed by atoms with Gasteiger partial charge in [-0.2, -0.15) is 5.10 Å². The van der Waals surface area contributed by atoms with Crippen LogP contribution in [0.3, 0.4) is 0 Å². The van der Waals surface area contributed by atoms with Gasteiger partial charge in [-0.3, -0.25) is 4.68 Å². The Morgan fingerprint density at radius 2 is 2.14 bits per heavy atom. The van der Waals surface area contributed by atoms with E-state index in [1.54, 1.807) is 11.0 Å². The van der Waals surface area contributed by atoms with E-state index < -0.39 is 0 Å². The Morgan fingerprint density at radius 3 is 2.81 bits per heavy atom. The van der Waals surface area contributed by atoms with Gasteiger partial charge < -0.3 is 4.57 Å². The molecule has 0 fully saturated rings. The molecule has 0 aliphatic rings. The van der Waals surface area contributed by atoms with E-state index in [0.717, 1.165) is 35.6 Å². The number of aromatic nitrogens is 5. The first-order valence-electron chi connectivity index (χ1n) is 7.00. The van der Waals surface area contributed by atoms with E-state index in [9.17, 15) is 0 Å². The Kier molecular flexibility index (Phi) is 3.68. The molecule has 3 aromatic rings. The molecule has 2 aromatic heterocycles. The van der Waals surface area contributed by atoms with Crippen molar-refractivity contribution in [2.45, 2.75) is 32.2 Å². The fraction of sp³-hybridized carbons (Fsp3) is 0.400. The van der Waals surface area contributed by atoms with Crippen molar-refractivity contribution in [1.82, 2.24) is 24.3 Å². The zero-order valence-electron chi connectivity index (χ0n) is 12.4. The lowest BCUT2D eigenvalue weighted by molar-refractivity contribution is 0.641. The quantitative estimate of drug-likeness (QED) is 0.696. The van der Waals surface area contributed by atoms with Crippen LogP contribution >= 0.6 is 11.6 Å². The smallest absolute Gasteiger partial charge is 0.152 e. The molecule has 0 bridgehead atoms. The highest BCUT2D eigenvalue weighted by Crippen LogP contribution is 2.25. The summed E-state index contributed by atoms with van der Waals surface area (Å²) in [6.07, 6.45) is 2.48. The van der Waals surface area contributed by atoms with E-state index >= 15 is 0 Å². The number of aryl methyl sites for hydroxylation is 4. The summed E-state index contributed by atoms with van der Waals surface area (Å²) in [5.41, 5.74) is 3.30. The lowest BCUT2D eigenvalue weighted by Crippen LogP contribution is -2.08. The molecular weight excluding hydrogens is 286 g/mol. The minimum absolute atomic E-state index is 0.130. The zero-order valence-corrected chi connectivity index (χ0v) is 13.2. The Morgan fingerprint density at radius 1 is 1.33 bits per heavy atom. The fourth-order valence-electron chi connectivity index (χ4n) is 2.51. The highest BCUT2D eigenvalue weighted by molar-refractivity contribution is 6.20. The van der Waals surface area contributed by atoms with Crippen LogP contribution in [0.5, 0.6) is 0 Å². The Bertz CT molecular complexity index is 772. The minimum Gasteiger partial charge on any atom is -0.326 e. The van der Waals surface area contributed by atoms with Crippen LogP contribution in [0, 0.1) is 6.92 Å². The summed E-state index contributed by atoms with van der Waals surface area (Å²) >= 11 is 6.29. The summed E-state index contributed by atoms with van der Waals surface area (Å²) in [6.45, 7) is 4.79. The van der Waals surface area contributed by atoms with Gasteiger partial charge in [0, 0.05) is 20.0 Å². The van der Waals surface area contributed by atoms with E-state index in [2.05, 4.69) is 44.8 Å². The molecule has 0 aliphatic carbocycles. The molecule has 0 N–H and O–H groups in total. The van der Waals surface area contributed by atoms with Crippen molar-refractivity contribution in [2.75, 3.05) is 0 Å². The average molecular weight is 304 g/mol. The highest BCUT2D eigenvalue weighted by Gasteiger charge is 2.15. The third-order valence-electron chi connectivity index (χ3n) is 3.50. The number of hydrogen-bond acceptors (Lipinski definition) is 3. The molecule has 0 saturated carbocycles. The molecule has 110 valence electrons. The van der Waals surface area contributed by atoms with E-state index in [4.69, 9.17) is 11.6 Å². The van der Waals surface area contributed by atoms with Gasteiger partial charge in [0.25, 0.3) is 0 Å². The van der Waals surface area contributed by atoms with Crippen molar-refractivity contribution in [3.05, 3.63) is 41.7 Å². The number of hydrogen-bond donors (Lipinski definition) is 0. The van der Waals surface area contributed by atoms with Gasteiger partial charge in [-0.25, -0.2) is 9.97 Å². The molecule has 0 amide bonds. The molecule has 0 radical (unpaired) electrons. The Balaban J connectivity index is 1.97. The summed E-state index contributed by atoms with van der Waals surface area (Å²) in [6, 6.07) is 6.29. The molecule has 2 heterocycles. The van der Waals surface area contributed by atoms with Crippen molar-refractivity contribution in [3.63, 3.8) is 0 Å². The second kappa shape index (κ2) is 5.48. The standard InChI is InChI=1S/C15H18ClN5/c1-10-4-5-13-12(8-10)18-15(11(2)16)21(13)7-6-14-17-9-20(3)19-14/h4-5,8-9,11H,6-7H2,1-3H3. The van der Waals surface area contributed by atoms with Crippen molar-refractivity contribution in [1.29, 1.82) is 0 Å². The summed E-state index contributed by atoms with van der Waals surface area (Å²) < 4.78 is 3.89. The SMILES string of the molecule is Cc1ccc2c(c1)nc(C(C)Cl)n2CCc1ncn(C)n1. The van der Waals surface area contributed by atoms with E-state index in [0.29, 0.717) is 0 Å². The molecule has 0 saturated heterocycles. The maximum atomic E-state index is 6.29. The minimum atomic E-state index is -0.130. The molecule has 21 heavy (non-hydrogen) atoms. The van der Waals surface area contributed by atoms with Crippen LogP contribution in [0.2, 0.25) is 0 Å². The number of alkyl halides is 1. The van der Waals surface area contributed by atoms with Gasteiger partial charge in [0.05, 0.1) is 16.4 Å². The van der Waals surface area contributed by atoms with Gasteiger partial charge in [-0.15, -0.1) is 11.6 Å². The van der Waals surface area contributed by atoms with Gasteiger partial charge in [-0.05, 0) is 31.5 Å². The summed E-state index contributed by atoms with van der Waals surface area (Å²) in [5.74, 6) is 1.73. The van der Waals surface area contributed by atoms with Crippen LogP contribution in [0.1, 0.15) is 29.5 Å². The largest absolute Gasteiger partial charge is 0.326 e. The predicted octanol–water partition coefficient (Wildman–Crippen LogP) is 3.02. The van der Waals surface area contributed by atoms with Gasteiger partial charge in [-0.1, -0.05) is 6.07 Å². The van der Waals surface area contributed by atoms with Crippen LogP contribution < -0.4 is 0 Å². The summed E-state index contributed by atoms with van der Waals surface area (Å²) in [7, 11) is 1.87. The van der Waals surface area contributed by atoms with Crippen molar-refractivity contribution >= 4 is 22.6 Å². The van der Waals surface area contributed by atoms with E-state index in [-0.39, 0.29) is 5.38 Å². The zero-order chi connectivity index (χ0) is 15.0. The van der Waals surface area contributed by atoms with Gasteiger partial charge >= 0.3 is 0 Å². The number of fused-ring (bicyclic) bond motifs is 1. The van der Waals surface area contributed by atoms with Crippen molar-refractivity contribution < 1.29 is 0 Å². The predicted molar refractivity (Wildman–Crippen MR) is 83.4 cm³/mol. The molecule has 0 spiro atoms. The Hall–Kier alpha value is -1.88. The number of imidazole rings is 1. The maximum absolute atomic E-state index is 6.29. The topological polar surface area (TPSA) is 48.5 Å². The van der Waals surface area contributed by atoms with Crippen LogP contribution in [-0.2, 0) is 20.0 Å². The molecular formula is C15H18ClN5. The lowest BCUT2D eigenvalue weighted by Gasteiger charge is -2.09. The molecule has 3 rings (SSSR count). The number of rotatable bonds is 4. The first kappa shape index (κ1) is 14.1. The number of benzene rings is 1. The third kappa shape index (κ3) is 2.78. The molecule has 5 nitrogen and oxygen atoms in total. The van der Waals surface area contributed by atoms with Crippen molar-refractivity contribution in [2.24, 2.45) is 7.05 Å². The van der Waals surface area contributed by atoms with Gasteiger partial charge in [0.1, 0.15) is 12.2 Å². The first-order chi connectivity index (χ1) is 10.0. The van der Waals surface area contributed by atoms with Crippen LogP contribution in [-0.4, -0.2) is 24.3 Å². The number of halogens is 1. The van der Waals surface area contributed by atoms with E-state index in [1.165, 1.54) is 5.56 Å². The molecule has 1 unspecified atom stereocenters. The molecule has 0 aliphatic heterocycles. The highest BCUT2D eigenvalue weighted by atomic mass is 35.5. The second-order valence-electron chi connectivity index (χ2n) is 5.31. The average Bonchev–Trinajstić information content (AvgIpc) is 2.99. The van der Waals surface area contributed by atoms with Gasteiger partial charge in [0.2, 0.25) is 0 Å². The van der Waals surface area contributed by atoms with Crippen LogP contribution in [0.4, 0.5) is 0 Å². The van der Waals surface area contributed by atoms with E-state index in [1.807, 2.05) is 14.0 Å². The maximum Gasteiger partial charge on any atom is 0.152 e.